The van der Waals surface area contributed by atoms with Crippen LogP contribution in [-0.4, -0.2) is 9.38 Å². The van der Waals surface area contributed by atoms with Gasteiger partial charge in [0.1, 0.15) is 5.65 Å². The topological polar surface area (TPSA) is 34.4 Å². The monoisotopic (exact) mass is 266 g/mol. The van der Waals surface area contributed by atoms with E-state index < -0.39 is 0 Å². The first-order valence-electron chi connectivity index (χ1n) is 6.96. The molecule has 0 bridgehead atoms. The third kappa shape index (κ3) is 1.90. The number of allylic oxidation sites excluding steroid dienone is 4. The Balaban J connectivity index is 2.38. The molecule has 0 saturated heterocycles. The molecule has 0 unspecified atom stereocenters. The minimum absolute atomic E-state index is 0.0338. The molecule has 3 rings (SSSR count). The van der Waals surface area contributed by atoms with Crippen LogP contribution >= 0.6 is 0 Å². The van der Waals surface area contributed by atoms with Crippen molar-refractivity contribution in [2.45, 2.75) is 33.6 Å². The van der Waals surface area contributed by atoms with Gasteiger partial charge in [-0.2, -0.15) is 0 Å². The van der Waals surface area contributed by atoms with Gasteiger partial charge < -0.3 is 0 Å². The molecule has 2 aromatic heterocycles. The summed E-state index contributed by atoms with van der Waals surface area (Å²) in [4.78, 5) is 17.5. The number of aromatic nitrogens is 2. The van der Waals surface area contributed by atoms with Crippen LogP contribution in [0, 0.1) is 13.8 Å². The number of hydrogen-bond donors (Lipinski definition) is 0. The number of nitrogens with zero attached hydrogens (tertiary/aromatic N) is 2. The maximum Gasteiger partial charge on any atom is 0.266 e. The summed E-state index contributed by atoms with van der Waals surface area (Å²) >= 11 is 0. The van der Waals surface area contributed by atoms with Gasteiger partial charge in [-0.3, -0.25) is 9.20 Å². The molecule has 1 aliphatic rings. The van der Waals surface area contributed by atoms with Gasteiger partial charge >= 0.3 is 0 Å². The van der Waals surface area contributed by atoms with Crippen molar-refractivity contribution in [3.8, 4) is 0 Å². The largest absolute Gasteiger partial charge is 0.268 e. The molecular weight excluding hydrogens is 248 g/mol. The number of rotatable bonds is 1. The third-order valence-electron chi connectivity index (χ3n) is 3.89. The van der Waals surface area contributed by atoms with Crippen LogP contribution < -0.4 is 5.56 Å². The van der Waals surface area contributed by atoms with Crippen LogP contribution in [0.2, 0.25) is 0 Å². The molecule has 0 N–H and O–H groups in total. The van der Waals surface area contributed by atoms with Crippen molar-refractivity contribution in [3.05, 3.63) is 63.2 Å². The summed E-state index contributed by atoms with van der Waals surface area (Å²) in [7, 11) is 0. The Labute approximate surface area is 118 Å². The van der Waals surface area contributed by atoms with Crippen LogP contribution in [0.15, 0.2) is 40.7 Å². The average Bonchev–Trinajstić information content (AvgIpc) is 2.40. The molecule has 2 aromatic rings. The number of hydrogen-bond acceptors (Lipinski definition) is 2. The van der Waals surface area contributed by atoms with Gasteiger partial charge in [-0.1, -0.05) is 18.2 Å². The Bertz CT molecular complexity index is 810. The zero-order valence-electron chi connectivity index (χ0n) is 12.1. The van der Waals surface area contributed by atoms with Gasteiger partial charge in [-0.25, -0.2) is 4.98 Å². The van der Waals surface area contributed by atoms with Gasteiger partial charge in [0.25, 0.3) is 5.56 Å². The molecule has 20 heavy (non-hydrogen) atoms. The van der Waals surface area contributed by atoms with Gasteiger partial charge in [-0.05, 0) is 56.9 Å². The lowest BCUT2D eigenvalue weighted by Crippen LogP contribution is -2.23. The second kappa shape index (κ2) is 4.75. The maximum atomic E-state index is 12.9. The second-order valence-corrected chi connectivity index (χ2v) is 5.32. The fourth-order valence-electron chi connectivity index (χ4n) is 2.86. The first-order chi connectivity index (χ1) is 9.59. The summed E-state index contributed by atoms with van der Waals surface area (Å²) < 4.78 is 1.70. The molecule has 3 nitrogen and oxygen atoms in total. The molecule has 0 saturated carbocycles. The number of fused-ring (bicyclic) bond motifs is 1. The van der Waals surface area contributed by atoms with Crippen molar-refractivity contribution in [2.75, 3.05) is 0 Å². The van der Waals surface area contributed by atoms with Gasteiger partial charge in [0.05, 0.1) is 11.3 Å². The Morgan fingerprint density at radius 1 is 1.10 bits per heavy atom. The minimum atomic E-state index is 0.0338. The fourth-order valence-corrected chi connectivity index (χ4v) is 2.86. The van der Waals surface area contributed by atoms with Crippen molar-refractivity contribution < 1.29 is 0 Å². The van der Waals surface area contributed by atoms with Gasteiger partial charge in [0.15, 0.2) is 0 Å². The van der Waals surface area contributed by atoms with E-state index in [2.05, 4.69) is 24.1 Å². The predicted molar refractivity (Wildman–Crippen MR) is 81.9 cm³/mol. The van der Waals surface area contributed by atoms with Gasteiger partial charge in [-0.15, -0.1) is 0 Å². The molecule has 102 valence electrons. The maximum absolute atomic E-state index is 12.9. The second-order valence-electron chi connectivity index (χ2n) is 5.32. The Kier molecular flexibility index (Phi) is 3.05. The molecule has 0 fully saturated rings. The third-order valence-corrected chi connectivity index (χ3v) is 3.89. The molecule has 0 atom stereocenters. The standard InChI is InChI=1S/C17H18N2O/c1-11-7-4-5-9-14(11)16-13(3)18-15-10-6-8-12(2)19(15)17(16)20/h6-10H,4-5H2,1-3H3. The van der Waals surface area contributed by atoms with E-state index in [0.29, 0.717) is 5.65 Å². The lowest BCUT2D eigenvalue weighted by atomic mass is 9.93. The average molecular weight is 266 g/mol. The van der Waals surface area contributed by atoms with Crippen molar-refractivity contribution >= 4 is 11.2 Å². The van der Waals surface area contributed by atoms with E-state index in [1.165, 1.54) is 5.57 Å². The summed E-state index contributed by atoms with van der Waals surface area (Å²) in [6.07, 6.45) is 6.39. The predicted octanol–water partition coefficient (Wildman–Crippen LogP) is 3.43. The molecule has 0 spiro atoms. The highest BCUT2D eigenvalue weighted by Crippen LogP contribution is 2.27. The first-order valence-corrected chi connectivity index (χ1v) is 6.96. The van der Waals surface area contributed by atoms with E-state index in [1.807, 2.05) is 32.0 Å². The summed E-state index contributed by atoms with van der Waals surface area (Å²) in [5.74, 6) is 0. The molecule has 0 aliphatic heterocycles. The Morgan fingerprint density at radius 3 is 2.60 bits per heavy atom. The first kappa shape index (κ1) is 12.9. The van der Waals surface area contributed by atoms with Crippen LogP contribution in [0.4, 0.5) is 0 Å². The van der Waals surface area contributed by atoms with E-state index in [4.69, 9.17) is 0 Å². The molecule has 0 amide bonds. The van der Waals surface area contributed by atoms with Crippen molar-refractivity contribution in [2.24, 2.45) is 0 Å². The fraction of sp³-hybridized carbons (Fsp3) is 0.294. The van der Waals surface area contributed by atoms with Crippen molar-refractivity contribution in [1.29, 1.82) is 0 Å². The Hall–Kier alpha value is -2.16. The smallest absolute Gasteiger partial charge is 0.266 e. The number of pyridine rings is 1. The lowest BCUT2D eigenvalue weighted by Gasteiger charge is -2.16. The lowest BCUT2D eigenvalue weighted by molar-refractivity contribution is 0.955. The molecular formula is C17H18N2O. The highest BCUT2D eigenvalue weighted by atomic mass is 16.1. The van der Waals surface area contributed by atoms with Crippen LogP contribution in [-0.2, 0) is 0 Å². The van der Waals surface area contributed by atoms with Crippen molar-refractivity contribution in [1.82, 2.24) is 9.38 Å². The summed E-state index contributed by atoms with van der Waals surface area (Å²) in [5.41, 5.74) is 5.43. The molecule has 2 heterocycles. The summed E-state index contributed by atoms with van der Waals surface area (Å²) in [5, 5.41) is 0. The van der Waals surface area contributed by atoms with Gasteiger partial charge in [0, 0.05) is 5.69 Å². The highest BCUT2D eigenvalue weighted by Gasteiger charge is 2.17. The van der Waals surface area contributed by atoms with E-state index in [1.54, 1.807) is 4.40 Å². The Morgan fingerprint density at radius 2 is 1.85 bits per heavy atom. The zero-order chi connectivity index (χ0) is 14.3. The minimum Gasteiger partial charge on any atom is -0.268 e. The van der Waals surface area contributed by atoms with E-state index in [9.17, 15) is 4.79 Å². The molecule has 0 radical (unpaired) electrons. The van der Waals surface area contributed by atoms with Crippen LogP contribution in [0.3, 0.4) is 0 Å². The zero-order valence-corrected chi connectivity index (χ0v) is 12.1. The van der Waals surface area contributed by atoms with Crippen LogP contribution in [0.5, 0.6) is 0 Å². The van der Waals surface area contributed by atoms with Crippen LogP contribution in [0.25, 0.3) is 11.2 Å². The van der Waals surface area contributed by atoms with Crippen molar-refractivity contribution in [3.63, 3.8) is 0 Å². The SMILES string of the molecule is CC1=CCCC=C1c1c(C)nc2cccc(C)n2c1=O. The summed E-state index contributed by atoms with van der Waals surface area (Å²) in [6, 6.07) is 5.75. The normalized spacial score (nSPS) is 15.2. The molecule has 1 aliphatic carbocycles. The molecule has 0 aromatic carbocycles. The van der Waals surface area contributed by atoms with Gasteiger partial charge in [0.2, 0.25) is 0 Å². The summed E-state index contributed by atoms with van der Waals surface area (Å²) in [6.45, 7) is 5.92. The highest BCUT2D eigenvalue weighted by molar-refractivity contribution is 5.80. The molecule has 3 heteroatoms. The van der Waals surface area contributed by atoms with Crippen LogP contribution in [0.1, 0.15) is 36.7 Å². The van der Waals surface area contributed by atoms with E-state index in [0.717, 1.165) is 35.4 Å². The van der Waals surface area contributed by atoms with E-state index in [-0.39, 0.29) is 5.56 Å². The number of aryl methyl sites for hydroxylation is 2. The quantitative estimate of drug-likeness (QED) is 0.792. The van der Waals surface area contributed by atoms with E-state index >= 15 is 0 Å².